The molecule has 1 saturated heterocycles. The average Bonchev–Trinajstić information content (AvgIpc) is 2.48. The lowest BCUT2D eigenvalue weighted by Gasteiger charge is -2.21. The van der Waals surface area contributed by atoms with Crippen molar-refractivity contribution in [2.45, 2.75) is 19.4 Å². The van der Waals surface area contributed by atoms with Crippen molar-refractivity contribution in [2.24, 2.45) is 0 Å². The van der Waals surface area contributed by atoms with Gasteiger partial charge in [0.25, 0.3) is 0 Å². The quantitative estimate of drug-likeness (QED) is 0.604. The van der Waals surface area contributed by atoms with Crippen molar-refractivity contribution in [3.8, 4) is 0 Å². The van der Waals surface area contributed by atoms with Gasteiger partial charge in [0.05, 0.1) is 19.2 Å². The van der Waals surface area contributed by atoms with Crippen molar-refractivity contribution in [3.63, 3.8) is 0 Å². The van der Waals surface area contributed by atoms with Crippen LogP contribution in [0.25, 0.3) is 0 Å². The Kier molecular flexibility index (Phi) is 4.08. The maximum absolute atomic E-state index is 11.6. The molecule has 0 spiro atoms. The summed E-state index contributed by atoms with van der Waals surface area (Å²) in [6, 6.07) is -0.167. The summed E-state index contributed by atoms with van der Waals surface area (Å²) in [5, 5.41) is 0. The van der Waals surface area contributed by atoms with E-state index in [1.807, 2.05) is 0 Å². The SMILES string of the molecule is CCOC(=O)CN(C)C1CCN(C)C1=O. The summed E-state index contributed by atoms with van der Waals surface area (Å²) in [7, 11) is 3.55. The number of likely N-dealkylation sites (tertiary alicyclic amines) is 1. The molecule has 15 heavy (non-hydrogen) atoms. The molecular weight excluding hydrogens is 196 g/mol. The van der Waals surface area contributed by atoms with E-state index in [0.717, 1.165) is 13.0 Å². The fourth-order valence-electron chi connectivity index (χ4n) is 1.73. The zero-order valence-electron chi connectivity index (χ0n) is 9.52. The van der Waals surface area contributed by atoms with Gasteiger partial charge in [-0.1, -0.05) is 0 Å². The van der Waals surface area contributed by atoms with E-state index in [2.05, 4.69) is 0 Å². The minimum absolute atomic E-state index is 0.0850. The Bertz CT molecular complexity index is 255. The summed E-state index contributed by atoms with van der Waals surface area (Å²) in [6.07, 6.45) is 0.783. The molecule has 1 aliphatic rings. The molecule has 1 heterocycles. The van der Waals surface area contributed by atoms with Gasteiger partial charge in [0, 0.05) is 13.6 Å². The number of likely N-dealkylation sites (N-methyl/N-ethyl adjacent to an activating group) is 2. The van der Waals surface area contributed by atoms with Gasteiger partial charge >= 0.3 is 5.97 Å². The zero-order chi connectivity index (χ0) is 11.4. The van der Waals surface area contributed by atoms with E-state index in [4.69, 9.17) is 4.74 Å². The molecule has 1 rings (SSSR count). The minimum atomic E-state index is -0.276. The number of hydrogen-bond acceptors (Lipinski definition) is 4. The van der Waals surface area contributed by atoms with Gasteiger partial charge in [-0.2, -0.15) is 0 Å². The first-order chi connectivity index (χ1) is 7.06. The van der Waals surface area contributed by atoms with Gasteiger partial charge in [0.2, 0.25) is 5.91 Å². The van der Waals surface area contributed by atoms with Gasteiger partial charge < -0.3 is 9.64 Å². The first-order valence-corrected chi connectivity index (χ1v) is 5.17. The van der Waals surface area contributed by atoms with Crippen LogP contribution in [0.5, 0.6) is 0 Å². The van der Waals surface area contributed by atoms with E-state index in [1.165, 1.54) is 0 Å². The second-order valence-corrected chi connectivity index (χ2v) is 3.78. The van der Waals surface area contributed by atoms with Crippen LogP contribution in [0.1, 0.15) is 13.3 Å². The Morgan fingerprint density at radius 2 is 2.33 bits per heavy atom. The molecule has 1 atom stereocenters. The van der Waals surface area contributed by atoms with E-state index in [-0.39, 0.29) is 24.5 Å². The van der Waals surface area contributed by atoms with Crippen LogP contribution < -0.4 is 0 Å². The number of carbonyl (C=O) groups excluding carboxylic acids is 2. The van der Waals surface area contributed by atoms with Gasteiger partial charge in [-0.3, -0.25) is 14.5 Å². The van der Waals surface area contributed by atoms with Crippen LogP contribution in [-0.4, -0.2) is 61.5 Å². The zero-order valence-corrected chi connectivity index (χ0v) is 9.52. The fraction of sp³-hybridized carbons (Fsp3) is 0.800. The predicted molar refractivity (Wildman–Crippen MR) is 55.3 cm³/mol. The Morgan fingerprint density at radius 3 is 2.80 bits per heavy atom. The number of hydrogen-bond donors (Lipinski definition) is 0. The van der Waals surface area contributed by atoms with Crippen LogP contribution >= 0.6 is 0 Å². The van der Waals surface area contributed by atoms with Crippen molar-refractivity contribution in [1.82, 2.24) is 9.80 Å². The maximum atomic E-state index is 11.6. The Morgan fingerprint density at radius 1 is 1.67 bits per heavy atom. The average molecular weight is 214 g/mol. The summed E-state index contributed by atoms with van der Waals surface area (Å²) >= 11 is 0. The normalized spacial score (nSPS) is 21.2. The number of carbonyl (C=O) groups is 2. The van der Waals surface area contributed by atoms with Crippen molar-refractivity contribution in [3.05, 3.63) is 0 Å². The molecule has 5 nitrogen and oxygen atoms in total. The molecule has 1 fully saturated rings. The van der Waals surface area contributed by atoms with Crippen molar-refractivity contribution < 1.29 is 14.3 Å². The lowest BCUT2D eigenvalue weighted by molar-refractivity contribution is -0.145. The number of nitrogens with zero attached hydrogens (tertiary/aromatic N) is 2. The first kappa shape index (κ1) is 12.0. The highest BCUT2D eigenvalue weighted by atomic mass is 16.5. The summed E-state index contributed by atoms with van der Waals surface area (Å²) < 4.78 is 4.83. The van der Waals surface area contributed by atoms with Gasteiger partial charge in [0.15, 0.2) is 0 Å². The molecule has 1 unspecified atom stereocenters. The van der Waals surface area contributed by atoms with Crippen LogP contribution in [0.4, 0.5) is 0 Å². The lowest BCUT2D eigenvalue weighted by atomic mass is 10.2. The largest absolute Gasteiger partial charge is 0.465 e. The van der Waals surface area contributed by atoms with Gasteiger partial charge in [-0.25, -0.2) is 0 Å². The minimum Gasteiger partial charge on any atom is -0.465 e. The predicted octanol–water partition coefficient (Wildman–Crippen LogP) is -0.288. The number of esters is 1. The van der Waals surface area contributed by atoms with E-state index < -0.39 is 0 Å². The Hall–Kier alpha value is -1.10. The highest BCUT2D eigenvalue weighted by Crippen LogP contribution is 2.13. The molecule has 5 heteroatoms. The Balaban J connectivity index is 2.44. The van der Waals surface area contributed by atoms with Crippen molar-refractivity contribution in [1.29, 1.82) is 0 Å². The number of amides is 1. The highest BCUT2D eigenvalue weighted by molar-refractivity contribution is 5.84. The monoisotopic (exact) mass is 214 g/mol. The van der Waals surface area contributed by atoms with Crippen LogP contribution in [-0.2, 0) is 14.3 Å². The van der Waals surface area contributed by atoms with Gasteiger partial charge in [0.1, 0.15) is 0 Å². The molecule has 0 radical (unpaired) electrons. The van der Waals surface area contributed by atoms with E-state index in [9.17, 15) is 9.59 Å². The van der Waals surface area contributed by atoms with Crippen LogP contribution in [0.3, 0.4) is 0 Å². The molecule has 0 saturated carbocycles. The first-order valence-electron chi connectivity index (χ1n) is 5.17. The van der Waals surface area contributed by atoms with Gasteiger partial charge in [-0.15, -0.1) is 0 Å². The molecule has 0 aromatic heterocycles. The van der Waals surface area contributed by atoms with E-state index in [0.29, 0.717) is 6.61 Å². The fourth-order valence-corrected chi connectivity index (χ4v) is 1.73. The summed E-state index contributed by atoms with van der Waals surface area (Å²) in [6.45, 7) is 3.09. The molecular formula is C10H18N2O3. The van der Waals surface area contributed by atoms with Crippen LogP contribution in [0.2, 0.25) is 0 Å². The second-order valence-electron chi connectivity index (χ2n) is 3.78. The third-order valence-electron chi connectivity index (χ3n) is 2.62. The second kappa shape index (κ2) is 5.11. The Labute approximate surface area is 90.0 Å². The van der Waals surface area contributed by atoms with Crippen LogP contribution in [0.15, 0.2) is 0 Å². The topological polar surface area (TPSA) is 49.9 Å². The maximum Gasteiger partial charge on any atom is 0.320 e. The summed E-state index contributed by atoms with van der Waals surface area (Å²) in [5.74, 6) is -0.191. The smallest absolute Gasteiger partial charge is 0.320 e. The molecule has 0 N–H and O–H groups in total. The molecule has 1 aliphatic heterocycles. The highest BCUT2D eigenvalue weighted by Gasteiger charge is 2.32. The molecule has 0 aliphatic carbocycles. The third-order valence-corrected chi connectivity index (χ3v) is 2.62. The molecule has 1 amide bonds. The van der Waals surface area contributed by atoms with E-state index >= 15 is 0 Å². The molecule has 86 valence electrons. The van der Waals surface area contributed by atoms with Crippen molar-refractivity contribution in [2.75, 3.05) is 33.8 Å². The van der Waals surface area contributed by atoms with Crippen molar-refractivity contribution >= 4 is 11.9 Å². The summed E-state index contributed by atoms with van der Waals surface area (Å²) in [4.78, 5) is 26.3. The van der Waals surface area contributed by atoms with Crippen LogP contribution in [0, 0.1) is 0 Å². The molecule has 0 aromatic carbocycles. The standard InChI is InChI=1S/C10H18N2O3/c1-4-15-9(13)7-12(3)8-5-6-11(2)10(8)14/h8H,4-7H2,1-3H3. The molecule has 0 aromatic rings. The third kappa shape index (κ3) is 2.92. The lowest BCUT2D eigenvalue weighted by Crippen LogP contribution is -2.41. The van der Waals surface area contributed by atoms with E-state index in [1.54, 1.807) is 30.8 Å². The number of ether oxygens (including phenoxy) is 1. The molecule has 0 bridgehead atoms. The summed E-state index contributed by atoms with van der Waals surface area (Å²) in [5.41, 5.74) is 0. The number of rotatable bonds is 4. The van der Waals surface area contributed by atoms with Gasteiger partial charge in [-0.05, 0) is 20.4 Å².